The Morgan fingerprint density at radius 3 is 2.95 bits per heavy atom. The van der Waals surface area contributed by atoms with Gasteiger partial charge in [-0.1, -0.05) is 18.2 Å². The molecule has 0 spiro atoms. The molecule has 0 unspecified atom stereocenters. The van der Waals surface area contributed by atoms with Gasteiger partial charge in [-0.3, -0.25) is 0 Å². The standard InChI is InChI=1S/C14H16N4O/c1-2-18-13(15-10-16-18)8-17-7-6-11-4-3-5-12(9-19)14(11)17/h3-7,10,19H,2,8-9H2,1H3. The van der Waals surface area contributed by atoms with E-state index in [0.29, 0.717) is 6.54 Å². The summed E-state index contributed by atoms with van der Waals surface area (Å²) >= 11 is 0. The van der Waals surface area contributed by atoms with Crippen molar-refractivity contribution in [3.05, 3.63) is 48.2 Å². The second-order valence-electron chi connectivity index (χ2n) is 4.45. The highest BCUT2D eigenvalue weighted by Gasteiger charge is 2.09. The van der Waals surface area contributed by atoms with Crippen molar-refractivity contribution < 1.29 is 5.11 Å². The van der Waals surface area contributed by atoms with E-state index in [9.17, 15) is 5.11 Å². The van der Waals surface area contributed by atoms with Gasteiger partial charge >= 0.3 is 0 Å². The lowest BCUT2D eigenvalue weighted by atomic mass is 10.1. The molecule has 0 fully saturated rings. The number of fused-ring (bicyclic) bond motifs is 1. The Morgan fingerprint density at radius 2 is 2.16 bits per heavy atom. The van der Waals surface area contributed by atoms with Gasteiger partial charge in [-0.15, -0.1) is 0 Å². The summed E-state index contributed by atoms with van der Waals surface area (Å²) in [7, 11) is 0. The van der Waals surface area contributed by atoms with Crippen molar-refractivity contribution in [2.45, 2.75) is 26.6 Å². The van der Waals surface area contributed by atoms with E-state index < -0.39 is 0 Å². The Balaban J connectivity index is 2.06. The molecule has 0 aliphatic rings. The first-order valence-electron chi connectivity index (χ1n) is 6.37. The van der Waals surface area contributed by atoms with Crippen LogP contribution in [-0.4, -0.2) is 24.4 Å². The van der Waals surface area contributed by atoms with Crippen molar-refractivity contribution in [3.63, 3.8) is 0 Å². The molecule has 5 heteroatoms. The van der Waals surface area contributed by atoms with Crippen molar-refractivity contribution in [2.75, 3.05) is 0 Å². The summed E-state index contributed by atoms with van der Waals surface area (Å²) in [4.78, 5) is 4.29. The average Bonchev–Trinajstić information content (AvgIpc) is 3.06. The molecular weight excluding hydrogens is 240 g/mol. The Kier molecular flexibility index (Phi) is 3.05. The minimum atomic E-state index is 0.0435. The highest BCUT2D eigenvalue weighted by molar-refractivity contribution is 5.83. The van der Waals surface area contributed by atoms with Crippen LogP contribution in [0.3, 0.4) is 0 Å². The van der Waals surface area contributed by atoms with Gasteiger partial charge < -0.3 is 9.67 Å². The summed E-state index contributed by atoms with van der Waals surface area (Å²) in [6, 6.07) is 8.02. The van der Waals surface area contributed by atoms with Crippen LogP contribution in [0.15, 0.2) is 36.8 Å². The monoisotopic (exact) mass is 256 g/mol. The smallest absolute Gasteiger partial charge is 0.146 e. The summed E-state index contributed by atoms with van der Waals surface area (Å²) in [6.07, 6.45) is 3.61. The van der Waals surface area contributed by atoms with Crippen LogP contribution in [0.25, 0.3) is 10.9 Å². The summed E-state index contributed by atoms with van der Waals surface area (Å²) in [5.74, 6) is 0.924. The van der Waals surface area contributed by atoms with Gasteiger partial charge in [-0.05, 0) is 18.4 Å². The molecule has 98 valence electrons. The second kappa shape index (κ2) is 4.85. The molecule has 0 atom stereocenters. The van der Waals surface area contributed by atoms with Crippen LogP contribution in [0.2, 0.25) is 0 Å². The van der Waals surface area contributed by atoms with Crippen molar-refractivity contribution in [2.24, 2.45) is 0 Å². The van der Waals surface area contributed by atoms with Crippen molar-refractivity contribution in [1.29, 1.82) is 0 Å². The number of aliphatic hydroxyl groups is 1. The maximum Gasteiger partial charge on any atom is 0.146 e. The SMILES string of the molecule is CCn1ncnc1Cn1ccc2cccc(CO)c21. The quantitative estimate of drug-likeness (QED) is 0.774. The van der Waals surface area contributed by atoms with Crippen LogP contribution in [0.1, 0.15) is 18.3 Å². The van der Waals surface area contributed by atoms with E-state index in [4.69, 9.17) is 0 Å². The van der Waals surface area contributed by atoms with Gasteiger partial charge in [0.1, 0.15) is 12.2 Å². The molecule has 3 aromatic rings. The Labute approximate surface area is 111 Å². The van der Waals surface area contributed by atoms with Gasteiger partial charge in [0.2, 0.25) is 0 Å². The van der Waals surface area contributed by atoms with E-state index in [1.54, 1.807) is 6.33 Å². The maximum atomic E-state index is 9.46. The zero-order valence-electron chi connectivity index (χ0n) is 10.8. The normalized spacial score (nSPS) is 11.3. The van der Waals surface area contributed by atoms with E-state index in [0.717, 1.165) is 28.8 Å². The average molecular weight is 256 g/mol. The number of aromatic nitrogens is 4. The third-order valence-electron chi connectivity index (χ3n) is 3.35. The van der Waals surface area contributed by atoms with Crippen molar-refractivity contribution in [3.8, 4) is 0 Å². The molecule has 2 aromatic heterocycles. The number of hydrogen-bond donors (Lipinski definition) is 1. The highest BCUT2D eigenvalue weighted by atomic mass is 16.3. The fourth-order valence-electron chi connectivity index (χ4n) is 2.43. The van der Waals surface area contributed by atoms with E-state index in [2.05, 4.69) is 26.8 Å². The molecule has 0 aliphatic carbocycles. The van der Waals surface area contributed by atoms with Gasteiger partial charge in [0, 0.05) is 18.3 Å². The molecule has 0 saturated carbocycles. The van der Waals surface area contributed by atoms with Crippen LogP contribution in [-0.2, 0) is 19.7 Å². The van der Waals surface area contributed by atoms with Crippen molar-refractivity contribution in [1.82, 2.24) is 19.3 Å². The van der Waals surface area contributed by atoms with Gasteiger partial charge in [0.05, 0.1) is 18.7 Å². The Morgan fingerprint density at radius 1 is 1.26 bits per heavy atom. The third kappa shape index (κ3) is 2.02. The van der Waals surface area contributed by atoms with Gasteiger partial charge in [-0.25, -0.2) is 9.67 Å². The Hall–Kier alpha value is -2.14. The van der Waals surface area contributed by atoms with Crippen molar-refractivity contribution >= 4 is 10.9 Å². The van der Waals surface area contributed by atoms with E-state index in [1.165, 1.54) is 0 Å². The lowest BCUT2D eigenvalue weighted by molar-refractivity contribution is 0.283. The zero-order valence-corrected chi connectivity index (χ0v) is 10.8. The maximum absolute atomic E-state index is 9.46. The summed E-state index contributed by atoms with van der Waals surface area (Å²) in [6.45, 7) is 3.56. The van der Waals surface area contributed by atoms with E-state index in [-0.39, 0.29) is 6.61 Å². The minimum absolute atomic E-state index is 0.0435. The number of benzene rings is 1. The lowest BCUT2D eigenvalue weighted by Gasteiger charge is -2.08. The predicted molar refractivity (Wildman–Crippen MR) is 72.7 cm³/mol. The molecule has 0 saturated heterocycles. The third-order valence-corrected chi connectivity index (χ3v) is 3.35. The van der Waals surface area contributed by atoms with Crippen LogP contribution >= 0.6 is 0 Å². The molecule has 2 heterocycles. The molecule has 3 rings (SSSR count). The predicted octanol–water partition coefficient (Wildman–Crippen LogP) is 1.79. The first kappa shape index (κ1) is 11.9. The first-order chi connectivity index (χ1) is 9.33. The first-order valence-corrected chi connectivity index (χ1v) is 6.37. The number of hydrogen-bond acceptors (Lipinski definition) is 3. The zero-order chi connectivity index (χ0) is 13.2. The summed E-state index contributed by atoms with van der Waals surface area (Å²) < 4.78 is 3.99. The molecule has 0 aliphatic heterocycles. The molecule has 5 nitrogen and oxygen atoms in total. The molecule has 1 aromatic carbocycles. The molecule has 1 N–H and O–H groups in total. The second-order valence-corrected chi connectivity index (χ2v) is 4.45. The number of rotatable bonds is 4. The molecule has 19 heavy (non-hydrogen) atoms. The van der Waals surface area contributed by atoms with E-state index in [1.807, 2.05) is 29.9 Å². The lowest BCUT2D eigenvalue weighted by Crippen LogP contribution is -2.09. The molecule has 0 bridgehead atoms. The number of para-hydroxylation sites is 1. The Bertz CT molecular complexity index is 698. The van der Waals surface area contributed by atoms with Crippen LogP contribution in [0.4, 0.5) is 0 Å². The van der Waals surface area contributed by atoms with Gasteiger partial charge in [-0.2, -0.15) is 5.10 Å². The topological polar surface area (TPSA) is 55.9 Å². The minimum Gasteiger partial charge on any atom is -0.392 e. The largest absolute Gasteiger partial charge is 0.392 e. The summed E-state index contributed by atoms with van der Waals surface area (Å²) in [5.41, 5.74) is 2.00. The van der Waals surface area contributed by atoms with Crippen LogP contribution < -0.4 is 0 Å². The molecule has 0 radical (unpaired) electrons. The van der Waals surface area contributed by atoms with Crippen LogP contribution in [0.5, 0.6) is 0 Å². The fraction of sp³-hybridized carbons (Fsp3) is 0.286. The van der Waals surface area contributed by atoms with Gasteiger partial charge in [0.15, 0.2) is 0 Å². The number of nitrogens with zero attached hydrogens (tertiary/aromatic N) is 4. The summed E-state index contributed by atoms with van der Waals surface area (Å²) in [5, 5.41) is 14.8. The van der Waals surface area contributed by atoms with E-state index >= 15 is 0 Å². The highest BCUT2D eigenvalue weighted by Crippen LogP contribution is 2.21. The molecular formula is C14H16N4O. The number of aliphatic hydroxyl groups excluding tert-OH is 1. The number of aryl methyl sites for hydroxylation is 1. The fourth-order valence-corrected chi connectivity index (χ4v) is 2.43. The molecule has 0 amide bonds. The van der Waals surface area contributed by atoms with Crippen LogP contribution in [0, 0.1) is 0 Å². The van der Waals surface area contributed by atoms with Gasteiger partial charge in [0.25, 0.3) is 0 Å².